The van der Waals surface area contributed by atoms with E-state index in [2.05, 4.69) is 15.2 Å². The first-order valence-electron chi connectivity index (χ1n) is 4.92. The Morgan fingerprint density at radius 3 is 2.63 bits per heavy atom. The predicted molar refractivity (Wildman–Crippen MR) is 66.2 cm³/mol. The van der Waals surface area contributed by atoms with Crippen molar-refractivity contribution in [1.29, 1.82) is 0 Å². The Morgan fingerprint density at radius 2 is 2.11 bits per heavy atom. The third kappa shape index (κ3) is 2.56. The highest BCUT2D eigenvalue weighted by Crippen LogP contribution is 2.30. The second-order valence-corrected chi connectivity index (χ2v) is 6.11. The van der Waals surface area contributed by atoms with Crippen LogP contribution in [-0.2, 0) is 9.05 Å². The summed E-state index contributed by atoms with van der Waals surface area (Å²) in [5, 5.41) is 16.2. The molecule has 0 saturated heterocycles. The van der Waals surface area contributed by atoms with Gasteiger partial charge in [0.1, 0.15) is 0 Å². The Kier molecular flexibility index (Phi) is 3.25. The highest BCUT2D eigenvalue weighted by atomic mass is 35.7. The molecule has 1 aromatic heterocycles. The largest absolute Gasteiger partial charge is 0.296 e. The van der Waals surface area contributed by atoms with Crippen molar-refractivity contribution < 1.29 is 13.3 Å². The molecule has 0 atom stereocenters. The van der Waals surface area contributed by atoms with Gasteiger partial charge in [0, 0.05) is 16.2 Å². The molecule has 1 aromatic carbocycles. The minimum absolute atomic E-state index is 0.102. The molecule has 1 heterocycles. The van der Waals surface area contributed by atoms with Crippen LogP contribution in [-0.4, -0.2) is 28.5 Å². The van der Waals surface area contributed by atoms with E-state index < -0.39 is 19.1 Å². The number of rotatable bonds is 3. The number of H-pyrrole nitrogens is 1. The van der Waals surface area contributed by atoms with E-state index in [0.717, 1.165) is 0 Å². The number of aryl methyl sites for hydroxylation is 1. The minimum Gasteiger partial charge on any atom is -0.258 e. The van der Waals surface area contributed by atoms with E-state index in [-0.39, 0.29) is 17.1 Å². The van der Waals surface area contributed by atoms with Gasteiger partial charge in [-0.1, -0.05) is 12.1 Å². The van der Waals surface area contributed by atoms with Gasteiger partial charge in [-0.15, -0.1) is 0 Å². The Balaban J connectivity index is 2.63. The van der Waals surface area contributed by atoms with Gasteiger partial charge in [-0.3, -0.25) is 10.1 Å². The monoisotopic (exact) mass is 302 g/mol. The van der Waals surface area contributed by atoms with Crippen LogP contribution in [0.4, 0.5) is 5.69 Å². The highest BCUT2D eigenvalue weighted by molar-refractivity contribution is 8.13. The Hall–Kier alpha value is -2.00. The molecule has 0 aliphatic carbocycles. The normalized spacial score (nSPS) is 11.5. The fourth-order valence-electron chi connectivity index (χ4n) is 1.56. The van der Waals surface area contributed by atoms with Gasteiger partial charge in [-0.2, -0.15) is 10.1 Å². The topological polar surface area (TPSA) is 119 Å². The summed E-state index contributed by atoms with van der Waals surface area (Å²) in [6.07, 6.45) is 0. The molecule has 0 amide bonds. The molecule has 2 rings (SSSR count). The van der Waals surface area contributed by atoms with Crippen LogP contribution in [0.25, 0.3) is 11.4 Å². The van der Waals surface area contributed by atoms with Gasteiger partial charge in [0.25, 0.3) is 19.9 Å². The fraction of sp³-hybridized carbons (Fsp3) is 0.111. The van der Waals surface area contributed by atoms with E-state index in [4.69, 9.17) is 10.7 Å². The maximum absolute atomic E-state index is 11.1. The molecule has 0 aliphatic rings. The van der Waals surface area contributed by atoms with Gasteiger partial charge >= 0.3 is 0 Å². The third-order valence-electron chi connectivity index (χ3n) is 2.36. The van der Waals surface area contributed by atoms with E-state index in [9.17, 15) is 18.5 Å². The quantitative estimate of drug-likeness (QED) is 0.522. The highest BCUT2D eigenvalue weighted by Gasteiger charge is 2.23. The number of hydrogen-bond donors (Lipinski definition) is 1. The van der Waals surface area contributed by atoms with Crippen LogP contribution in [0, 0.1) is 17.0 Å². The summed E-state index contributed by atoms with van der Waals surface area (Å²) in [4.78, 5) is 14.1. The molecule has 0 unspecified atom stereocenters. The lowest BCUT2D eigenvalue weighted by Crippen LogP contribution is -1.96. The maximum Gasteiger partial charge on any atom is 0.296 e. The molecule has 0 bridgehead atoms. The summed E-state index contributed by atoms with van der Waals surface area (Å²) in [5.41, 5.74) is 0.357. The lowest BCUT2D eigenvalue weighted by atomic mass is 10.1. The van der Waals surface area contributed by atoms with Gasteiger partial charge in [0.2, 0.25) is 0 Å². The number of aromatic nitrogens is 3. The number of aromatic amines is 1. The van der Waals surface area contributed by atoms with Gasteiger partial charge in [-0.25, -0.2) is 13.5 Å². The van der Waals surface area contributed by atoms with Crippen LogP contribution in [0.1, 0.15) is 5.56 Å². The second kappa shape index (κ2) is 4.59. The van der Waals surface area contributed by atoms with Crippen LogP contribution in [0.3, 0.4) is 0 Å². The molecule has 0 fully saturated rings. The van der Waals surface area contributed by atoms with Gasteiger partial charge in [-0.05, 0) is 13.0 Å². The molecule has 0 saturated carbocycles. The summed E-state index contributed by atoms with van der Waals surface area (Å²) < 4.78 is 22.1. The Morgan fingerprint density at radius 1 is 1.42 bits per heavy atom. The minimum atomic E-state index is -4.06. The van der Waals surface area contributed by atoms with E-state index in [0.29, 0.717) is 5.56 Å². The van der Waals surface area contributed by atoms with Crippen molar-refractivity contribution in [3.63, 3.8) is 0 Å². The standard InChI is InChI=1S/C9H7ClN4O4S/c1-5-3-2-4-6(7(5)14(15)16)8-11-9(13-12-8)19(10,17)18/h2-4H,1H3,(H,11,12,13). The predicted octanol–water partition coefficient (Wildman–Crippen LogP) is 1.62. The lowest BCUT2D eigenvalue weighted by Gasteiger charge is -2.00. The first-order chi connectivity index (χ1) is 8.80. The summed E-state index contributed by atoms with van der Waals surface area (Å²) in [6, 6.07) is 4.58. The van der Waals surface area contributed by atoms with Crippen molar-refractivity contribution in [3.05, 3.63) is 33.9 Å². The van der Waals surface area contributed by atoms with Crippen LogP contribution < -0.4 is 0 Å². The Labute approximate surface area is 112 Å². The van der Waals surface area contributed by atoms with Gasteiger partial charge in [0.05, 0.1) is 10.5 Å². The maximum atomic E-state index is 11.1. The first kappa shape index (κ1) is 13.4. The Bertz CT molecular complexity index is 755. The number of halogens is 1. The number of para-hydroxylation sites is 1. The summed E-state index contributed by atoms with van der Waals surface area (Å²) in [5.74, 6) is -0.102. The molecule has 1 N–H and O–H groups in total. The van der Waals surface area contributed by atoms with Gasteiger partial charge < -0.3 is 0 Å². The third-order valence-corrected chi connectivity index (χ3v) is 3.44. The molecule has 19 heavy (non-hydrogen) atoms. The molecule has 2 aromatic rings. The number of nitro benzene ring substituents is 1. The summed E-state index contributed by atoms with van der Waals surface area (Å²) in [7, 11) is 1.04. The van der Waals surface area contributed by atoms with E-state index in [1.807, 2.05) is 0 Å². The lowest BCUT2D eigenvalue weighted by molar-refractivity contribution is -0.384. The van der Waals surface area contributed by atoms with Crippen molar-refractivity contribution >= 4 is 25.4 Å². The van der Waals surface area contributed by atoms with E-state index >= 15 is 0 Å². The molecule has 0 radical (unpaired) electrons. The molecule has 10 heteroatoms. The van der Waals surface area contributed by atoms with Crippen LogP contribution >= 0.6 is 10.7 Å². The number of nitrogens with zero attached hydrogens (tertiary/aromatic N) is 3. The average molecular weight is 303 g/mol. The molecular weight excluding hydrogens is 296 g/mol. The molecule has 0 aliphatic heterocycles. The van der Waals surface area contributed by atoms with Crippen molar-refractivity contribution in [2.75, 3.05) is 0 Å². The summed E-state index contributed by atoms with van der Waals surface area (Å²) in [6.45, 7) is 1.56. The molecular formula is C9H7ClN4O4S. The van der Waals surface area contributed by atoms with Crippen molar-refractivity contribution in [2.45, 2.75) is 12.1 Å². The zero-order chi connectivity index (χ0) is 14.2. The number of benzene rings is 1. The second-order valence-electron chi connectivity index (χ2n) is 3.63. The van der Waals surface area contributed by atoms with E-state index in [1.165, 1.54) is 6.07 Å². The van der Waals surface area contributed by atoms with Crippen LogP contribution in [0.15, 0.2) is 23.4 Å². The number of nitrogens with one attached hydrogen (secondary N) is 1. The molecule has 8 nitrogen and oxygen atoms in total. The number of hydrogen-bond acceptors (Lipinski definition) is 6. The van der Waals surface area contributed by atoms with Crippen LogP contribution in [0.2, 0.25) is 0 Å². The first-order valence-corrected chi connectivity index (χ1v) is 7.23. The van der Waals surface area contributed by atoms with E-state index in [1.54, 1.807) is 19.1 Å². The SMILES string of the molecule is Cc1cccc(-c2n[nH]c(S(=O)(=O)Cl)n2)c1[N+](=O)[O-]. The zero-order valence-electron chi connectivity index (χ0n) is 9.49. The number of nitro groups is 1. The average Bonchev–Trinajstić information content (AvgIpc) is 2.76. The molecule has 100 valence electrons. The van der Waals surface area contributed by atoms with Crippen molar-refractivity contribution in [2.24, 2.45) is 0 Å². The summed E-state index contributed by atoms with van der Waals surface area (Å²) >= 11 is 0. The zero-order valence-corrected chi connectivity index (χ0v) is 11.1. The van der Waals surface area contributed by atoms with Crippen molar-refractivity contribution in [1.82, 2.24) is 15.2 Å². The van der Waals surface area contributed by atoms with Crippen molar-refractivity contribution in [3.8, 4) is 11.4 Å². The van der Waals surface area contributed by atoms with Crippen LogP contribution in [0.5, 0.6) is 0 Å². The fourth-order valence-corrected chi connectivity index (χ4v) is 2.12. The van der Waals surface area contributed by atoms with Gasteiger partial charge in [0.15, 0.2) is 5.82 Å². The smallest absolute Gasteiger partial charge is 0.258 e. The molecule has 0 spiro atoms.